The number of para-hydroxylation sites is 1. The number of ether oxygens (including phenoxy) is 2. The Labute approximate surface area is 203 Å². The fraction of sp³-hybridized carbons (Fsp3) is 0.0690. The van der Waals surface area contributed by atoms with E-state index in [9.17, 15) is 4.79 Å². The molecule has 0 bridgehead atoms. The maximum Gasteiger partial charge on any atom is 0.185 e. The van der Waals surface area contributed by atoms with E-state index in [2.05, 4.69) is 9.97 Å². The number of carbonyl (C=O) groups is 1. The van der Waals surface area contributed by atoms with Crippen molar-refractivity contribution >= 4 is 22.8 Å². The summed E-state index contributed by atoms with van der Waals surface area (Å²) in [6.07, 6.45) is 10.4. The Balaban J connectivity index is 1.31. The Kier molecular flexibility index (Phi) is 6.35. The summed E-state index contributed by atoms with van der Waals surface area (Å²) in [5.74, 6) is 1.36. The number of pyridine rings is 1. The average molecular weight is 462 g/mol. The second kappa shape index (κ2) is 10.1. The maximum atomic E-state index is 12.7. The molecule has 6 nitrogen and oxygen atoms in total. The first-order chi connectivity index (χ1) is 17.2. The lowest BCUT2D eigenvalue weighted by Crippen LogP contribution is -2.00. The van der Waals surface area contributed by atoms with Gasteiger partial charge in [0.1, 0.15) is 23.6 Å². The number of hydrogen-bond donors (Lipinski definition) is 0. The molecule has 2 heterocycles. The van der Waals surface area contributed by atoms with Gasteiger partial charge in [-0.25, -0.2) is 4.98 Å². The second-order valence-corrected chi connectivity index (χ2v) is 7.91. The fourth-order valence-corrected chi connectivity index (χ4v) is 3.84. The summed E-state index contributed by atoms with van der Waals surface area (Å²) in [5.41, 5.74) is 4.13. The summed E-state index contributed by atoms with van der Waals surface area (Å²) < 4.78 is 13.5. The molecule has 3 aromatic carbocycles. The average Bonchev–Trinajstić information content (AvgIpc) is 3.46. The van der Waals surface area contributed by atoms with Crippen LogP contribution in [0, 0.1) is 0 Å². The number of imidazole rings is 1. The fourth-order valence-electron chi connectivity index (χ4n) is 3.84. The molecule has 0 fully saturated rings. The van der Waals surface area contributed by atoms with Crippen molar-refractivity contribution in [2.75, 3.05) is 7.11 Å². The van der Waals surface area contributed by atoms with Gasteiger partial charge in [0.2, 0.25) is 0 Å². The molecule has 6 heteroatoms. The van der Waals surface area contributed by atoms with Gasteiger partial charge < -0.3 is 14.0 Å². The van der Waals surface area contributed by atoms with Crippen LogP contribution in [-0.4, -0.2) is 27.4 Å². The summed E-state index contributed by atoms with van der Waals surface area (Å²) in [6, 6.07) is 22.9. The summed E-state index contributed by atoms with van der Waals surface area (Å²) in [4.78, 5) is 21.2. The van der Waals surface area contributed by atoms with Crippen LogP contribution in [0.4, 0.5) is 0 Å². The molecule has 172 valence electrons. The van der Waals surface area contributed by atoms with Gasteiger partial charge in [0, 0.05) is 40.8 Å². The van der Waals surface area contributed by atoms with Gasteiger partial charge in [-0.3, -0.25) is 9.78 Å². The number of carbonyl (C=O) groups excluding carboxylic acids is 1. The molecule has 0 atom stereocenters. The van der Waals surface area contributed by atoms with Crippen molar-refractivity contribution < 1.29 is 14.3 Å². The Morgan fingerprint density at radius 2 is 1.83 bits per heavy atom. The van der Waals surface area contributed by atoms with E-state index in [0.29, 0.717) is 17.9 Å². The van der Waals surface area contributed by atoms with Gasteiger partial charge in [-0.05, 0) is 60.2 Å². The number of ketones is 1. The third-order valence-corrected chi connectivity index (χ3v) is 5.66. The first-order valence-electron chi connectivity index (χ1n) is 11.2. The van der Waals surface area contributed by atoms with Gasteiger partial charge in [-0.1, -0.05) is 30.3 Å². The Morgan fingerprint density at radius 3 is 2.63 bits per heavy atom. The van der Waals surface area contributed by atoms with E-state index in [1.54, 1.807) is 38.0 Å². The zero-order chi connectivity index (χ0) is 24.0. The van der Waals surface area contributed by atoms with Crippen LogP contribution in [0.3, 0.4) is 0 Å². The van der Waals surface area contributed by atoms with Crippen LogP contribution in [-0.2, 0) is 6.61 Å². The van der Waals surface area contributed by atoms with Crippen molar-refractivity contribution in [2.24, 2.45) is 0 Å². The van der Waals surface area contributed by atoms with Crippen LogP contribution >= 0.6 is 0 Å². The molecular weight excluding hydrogens is 438 g/mol. The van der Waals surface area contributed by atoms with Crippen molar-refractivity contribution in [3.63, 3.8) is 0 Å². The van der Waals surface area contributed by atoms with Gasteiger partial charge in [0.15, 0.2) is 5.78 Å². The van der Waals surface area contributed by atoms with E-state index in [1.165, 1.54) is 0 Å². The van der Waals surface area contributed by atoms with Gasteiger partial charge >= 0.3 is 0 Å². The standard InChI is InChI=1S/C29H23N3O3/c1-34-27-14-8-21(7-13-26(33)22-9-11-25(12-10-22)32-17-16-30-20-32)18-24(27)19-35-28-6-2-4-23-5-3-15-31-29(23)28/h2-18,20H,19H2,1H3/b13-7+. The van der Waals surface area contributed by atoms with Crippen LogP contribution in [0.1, 0.15) is 21.5 Å². The molecule has 0 radical (unpaired) electrons. The number of fused-ring (bicyclic) bond motifs is 1. The Morgan fingerprint density at radius 1 is 0.971 bits per heavy atom. The van der Waals surface area contributed by atoms with Crippen LogP contribution in [0.15, 0.2) is 104 Å². The summed E-state index contributed by atoms with van der Waals surface area (Å²) in [7, 11) is 1.63. The smallest absolute Gasteiger partial charge is 0.185 e. The minimum atomic E-state index is -0.0716. The summed E-state index contributed by atoms with van der Waals surface area (Å²) in [6.45, 7) is 0.310. The first kappa shape index (κ1) is 22.1. The molecule has 0 aliphatic carbocycles. The molecule has 0 N–H and O–H groups in total. The highest BCUT2D eigenvalue weighted by Gasteiger charge is 2.08. The minimum absolute atomic E-state index is 0.0716. The van der Waals surface area contributed by atoms with Crippen molar-refractivity contribution in [3.05, 3.63) is 120 Å². The topological polar surface area (TPSA) is 66.2 Å². The number of nitrogens with zero attached hydrogens (tertiary/aromatic N) is 3. The highest BCUT2D eigenvalue weighted by molar-refractivity contribution is 6.06. The van der Waals surface area contributed by atoms with Crippen LogP contribution in [0.5, 0.6) is 11.5 Å². The van der Waals surface area contributed by atoms with Crippen molar-refractivity contribution in [2.45, 2.75) is 6.61 Å². The summed E-state index contributed by atoms with van der Waals surface area (Å²) in [5, 5.41) is 1.02. The quantitative estimate of drug-likeness (QED) is 0.212. The third kappa shape index (κ3) is 4.96. The third-order valence-electron chi connectivity index (χ3n) is 5.66. The lowest BCUT2D eigenvalue weighted by Gasteiger charge is -2.12. The highest BCUT2D eigenvalue weighted by Crippen LogP contribution is 2.27. The molecule has 0 spiro atoms. The molecule has 5 rings (SSSR count). The van der Waals surface area contributed by atoms with E-state index in [1.807, 2.05) is 83.6 Å². The predicted octanol–water partition coefficient (Wildman–Crippen LogP) is 5.90. The van der Waals surface area contributed by atoms with Gasteiger partial charge in [0.25, 0.3) is 0 Å². The molecule has 0 saturated carbocycles. The van der Waals surface area contributed by atoms with E-state index >= 15 is 0 Å². The maximum absolute atomic E-state index is 12.7. The monoisotopic (exact) mass is 461 g/mol. The summed E-state index contributed by atoms with van der Waals surface area (Å²) >= 11 is 0. The lowest BCUT2D eigenvalue weighted by molar-refractivity contribution is 0.104. The van der Waals surface area contributed by atoms with E-state index < -0.39 is 0 Å². The number of allylic oxidation sites excluding steroid dienone is 1. The van der Waals surface area contributed by atoms with E-state index in [4.69, 9.17) is 9.47 Å². The van der Waals surface area contributed by atoms with Crippen molar-refractivity contribution in [1.82, 2.24) is 14.5 Å². The Bertz CT molecular complexity index is 1480. The molecular formula is C29H23N3O3. The minimum Gasteiger partial charge on any atom is -0.496 e. The van der Waals surface area contributed by atoms with Crippen LogP contribution in [0.25, 0.3) is 22.7 Å². The Hall–Kier alpha value is -4.71. The van der Waals surface area contributed by atoms with E-state index in [0.717, 1.165) is 33.5 Å². The number of methoxy groups -OCH3 is 1. The zero-order valence-corrected chi connectivity index (χ0v) is 19.2. The lowest BCUT2D eigenvalue weighted by atomic mass is 10.1. The van der Waals surface area contributed by atoms with Crippen molar-refractivity contribution in [1.29, 1.82) is 0 Å². The van der Waals surface area contributed by atoms with Crippen LogP contribution in [0.2, 0.25) is 0 Å². The molecule has 0 saturated heterocycles. The molecule has 0 aliphatic heterocycles. The molecule has 2 aromatic heterocycles. The predicted molar refractivity (Wildman–Crippen MR) is 136 cm³/mol. The van der Waals surface area contributed by atoms with Crippen LogP contribution < -0.4 is 9.47 Å². The molecule has 0 unspecified atom stereocenters. The molecule has 5 aromatic rings. The number of hydrogen-bond acceptors (Lipinski definition) is 5. The van der Waals surface area contributed by atoms with Gasteiger partial charge in [0.05, 0.1) is 13.4 Å². The van der Waals surface area contributed by atoms with E-state index in [-0.39, 0.29) is 5.78 Å². The van der Waals surface area contributed by atoms with Gasteiger partial charge in [-0.15, -0.1) is 0 Å². The van der Waals surface area contributed by atoms with Crippen molar-refractivity contribution in [3.8, 4) is 17.2 Å². The number of aromatic nitrogens is 3. The SMILES string of the molecule is COc1ccc(/C=C/C(=O)c2ccc(-n3ccnc3)cc2)cc1COc1cccc2cccnc12. The number of rotatable bonds is 8. The van der Waals surface area contributed by atoms with Gasteiger partial charge in [-0.2, -0.15) is 0 Å². The molecule has 0 amide bonds. The molecule has 35 heavy (non-hydrogen) atoms. The highest BCUT2D eigenvalue weighted by atomic mass is 16.5. The normalized spacial score (nSPS) is 11.1. The molecule has 0 aliphatic rings. The largest absolute Gasteiger partial charge is 0.496 e. The first-order valence-corrected chi connectivity index (χ1v) is 11.2. The second-order valence-electron chi connectivity index (χ2n) is 7.91. The number of benzene rings is 3. The zero-order valence-electron chi connectivity index (χ0n) is 19.2.